The summed E-state index contributed by atoms with van der Waals surface area (Å²) in [5.74, 6) is -0.222. The highest BCUT2D eigenvalue weighted by Crippen LogP contribution is 2.21. The summed E-state index contributed by atoms with van der Waals surface area (Å²) in [4.78, 5) is 12.7. The Hall–Kier alpha value is -1.40. The van der Waals surface area contributed by atoms with Gasteiger partial charge in [-0.05, 0) is 38.0 Å². The fourth-order valence-electron chi connectivity index (χ4n) is 2.80. The molecule has 1 aromatic carbocycles. The minimum absolute atomic E-state index is 0.0724. The van der Waals surface area contributed by atoms with Gasteiger partial charge in [-0.1, -0.05) is 46.1 Å². The maximum absolute atomic E-state index is 12.8. The first-order valence-electron chi connectivity index (χ1n) is 9.19. The summed E-state index contributed by atoms with van der Waals surface area (Å²) < 4.78 is 27.0. The van der Waals surface area contributed by atoms with Crippen molar-refractivity contribution in [3.05, 3.63) is 29.3 Å². The molecule has 0 unspecified atom stereocenters. The molecule has 1 amide bonds. The van der Waals surface area contributed by atoms with Gasteiger partial charge in [0.1, 0.15) is 0 Å². The molecule has 0 spiro atoms. The quantitative estimate of drug-likeness (QED) is 0.640. The van der Waals surface area contributed by atoms with Crippen molar-refractivity contribution >= 4 is 15.9 Å². The Morgan fingerprint density at radius 3 is 2.36 bits per heavy atom. The molecule has 5 nitrogen and oxygen atoms in total. The summed E-state index contributed by atoms with van der Waals surface area (Å²) in [6, 6.07) is 4.96. The number of carbonyl (C=O) groups excluding carboxylic acids is 1. The zero-order chi connectivity index (χ0) is 19.0. The van der Waals surface area contributed by atoms with Gasteiger partial charge in [-0.2, -0.15) is 4.31 Å². The summed E-state index contributed by atoms with van der Waals surface area (Å²) in [5, 5.41) is 2.96. The van der Waals surface area contributed by atoms with Crippen LogP contribution in [-0.2, 0) is 10.0 Å². The van der Waals surface area contributed by atoms with Gasteiger partial charge in [-0.25, -0.2) is 8.42 Å². The standard InChI is InChI=1S/C19H32N2O3S/c1-6-9-10-11-16(5)20-19(22)17-13-12-15(4)18(14-17)25(23,24)21(7-2)8-3/h12-14,16H,6-11H2,1-5H3,(H,20,22)/t16-/m1/s1. The van der Waals surface area contributed by atoms with Crippen LogP contribution in [0, 0.1) is 6.92 Å². The van der Waals surface area contributed by atoms with Crippen LogP contribution in [0.4, 0.5) is 0 Å². The predicted octanol–water partition coefficient (Wildman–Crippen LogP) is 3.72. The molecule has 0 heterocycles. The lowest BCUT2D eigenvalue weighted by molar-refractivity contribution is 0.0937. The molecule has 0 bridgehead atoms. The first-order chi connectivity index (χ1) is 11.8. The smallest absolute Gasteiger partial charge is 0.251 e. The van der Waals surface area contributed by atoms with Crippen LogP contribution in [0.25, 0.3) is 0 Å². The Balaban J connectivity index is 2.99. The predicted molar refractivity (Wildman–Crippen MR) is 102 cm³/mol. The summed E-state index contributed by atoms with van der Waals surface area (Å²) in [7, 11) is -3.58. The number of aryl methyl sites for hydroxylation is 1. The van der Waals surface area contributed by atoms with Gasteiger partial charge in [0.05, 0.1) is 4.90 Å². The van der Waals surface area contributed by atoms with Crippen molar-refractivity contribution in [3.63, 3.8) is 0 Å². The Labute approximate surface area is 152 Å². The number of carbonyl (C=O) groups is 1. The van der Waals surface area contributed by atoms with E-state index in [-0.39, 0.29) is 16.8 Å². The fraction of sp³-hybridized carbons (Fsp3) is 0.632. The Kier molecular flexibility index (Phi) is 8.59. The van der Waals surface area contributed by atoms with Crippen LogP contribution in [0.5, 0.6) is 0 Å². The molecule has 0 saturated carbocycles. The maximum Gasteiger partial charge on any atom is 0.251 e. The second-order valence-electron chi connectivity index (χ2n) is 6.44. The van der Waals surface area contributed by atoms with Crippen molar-refractivity contribution in [1.29, 1.82) is 0 Å². The molecule has 1 rings (SSSR count). The maximum atomic E-state index is 12.8. The third-order valence-electron chi connectivity index (χ3n) is 4.39. The molecule has 1 atom stereocenters. The van der Waals surface area contributed by atoms with Gasteiger partial charge >= 0.3 is 0 Å². The molecule has 25 heavy (non-hydrogen) atoms. The van der Waals surface area contributed by atoms with Gasteiger partial charge in [-0.15, -0.1) is 0 Å². The number of rotatable bonds is 10. The summed E-state index contributed by atoms with van der Waals surface area (Å²) in [5.41, 5.74) is 1.04. The van der Waals surface area contributed by atoms with E-state index < -0.39 is 10.0 Å². The molecule has 1 N–H and O–H groups in total. The van der Waals surface area contributed by atoms with E-state index in [0.29, 0.717) is 24.2 Å². The van der Waals surface area contributed by atoms with E-state index in [4.69, 9.17) is 0 Å². The van der Waals surface area contributed by atoms with Crippen molar-refractivity contribution in [2.24, 2.45) is 0 Å². The van der Waals surface area contributed by atoms with Gasteiger partial charge in [0, 0.05) is 24.7 Å². The Morgan fingerprint density at radius 2 is 1.80 bits per heavy atom. The summed E-state index contributed by atoms with van der Waals surface area (Å²) in [6.45, 7) is 10.3. The first kappa shape index (κ1) is 21.6. The highest BCUT2D eigenvalue weighted by atomic mass is 32.2. The third-order valence-corrected chi connectivity index (χ3v) is 6.58. The molecule has 0 aliphatic rings. The highest BCUT2D eigenvalue weighted by Gasteiger charge is 2.24. The Bertz CT molecular complexity index is 667. The number of benzene rings is 1. The van der Waals surface area contributed by atoms with Gasteiger partial charge < -0.3 is 5.32 Å². The van der Waals surface area contributed by atoms with Crippen molar-refractivity contribution in [1.82, 2.24) is 9.62 Å². The molecule has 0 aromatic heterocycles. The topological polar surface area (TPSA) is 66.5 Å². The number of nitrogens with zero attached hydrogens (tertiary/aromatic N) is 1. The number of sulfonamides is 1. The molecular formula is C19H32N2O3S. The molecular weight excluding hydrogens is 336 g/mol. The van der Waals surface area contributed by atoms with Gasteiger partial charge in [0.2, 0.25) is 10.0 Å². The second kappa shape index (κ2) is 9.92. The van der Waals surface area contributed by atoms with E-state index in [1.807, 2.05) is 20.8 Å². The zero-order valence-corrected chi connectivity index (χ0v) is 16.9. The molecule has 142 valence electrons. The largest absolute Gasteiger partial charge is 0.350 e. The van der Waals surface area contributed by atoms with Crippen LogP contribution in [0.15, 0.2) is 23.1 Å². The lowest BCUT2D eigenvalue weighted by Crippen LogP contribution is -2.33. The zero-order valence-electron chi connectivity index (χ0n) is 16.1. The number of unbranched alkanes of at least 4 members (excludes halogenated alkanes) is 2. The Morgan fingerprint density at radius 1 is 1.16 bits per heavy atom. The van der Waals surface area contributed by atoms with Crippen LogP contribution in [-0.4, -0.2) is 37.8 Å². The SMILES string of the molecule is CCCCC[C@@H](C)NC(=O)c1ccc(C)c(S(=O)(=O)N(CC)CC)c1. The minimum Gasteiger partial charge on any atom is -0.350 e. The summed E-state index contributed by atoms with van der Waals surface area (Å²) >= 11 is 0. The van der Waals surface area contributed by atoms with Gasteiger partial charge in [0.15, 0.2) is 0 Å². The van der Waals surface area contributed by atoms with Gasteiger partial charge in [0.25, 0.3) is 5.91 Å². The number of nitrogens with one attached hydrogen (secondary N) is 1. The molecule has 0 aliphatic carbocycles. The molecule has 0 fully saturated rings. The van der Waals surface area contributed by atoms with Crippen molar-refractivity contribution in [3.8, 4) is 0 Å². The van der Waals surface area contributed by atoms with E-state index in [9.17, 15) is 13.2 Å². The first-order valence-corrected chi connectivity index (χ1v) is 10.6. The summed E-state index contributed by atoms with van der Waals surface area (Å²) in [6.07, 6.45) is 4.30. The van der Waals surface area contributed by atoms with E-state index in [1.165, 1.54) is 10.4 Å². The van der Waals surface area contributed by atoms with Crippen LogP contribution in [0.2, 0.25) is 0 Å². The molecule has 6 heteroatoms. The molecule has 0 saturated heterocycles. The van der Waals surface area contributed by atoms with Crippen LogP contribution in [0.1, 0.15) is 69.3 Å². The van der Waals surface area contributed by atoms with Crippen molar-refractivity contribution in [2.75, 3.05) is 13.1 Å². The van der Waals surface area contributed by atoms with Crippen molar-refractivity contribution in [2.45, 2.75) is 71.2 Å². The lowest BCUT2D eigenvalue weighted by atomic mass is 10.1. The molecule has 0 radical (unpaired) electrons. The number of hydrogen-bond acceptors (Lipinski definition) is 3. The normalized spacial score (nSPS) is 13.0. The number of hydrogen-bond donors (Lipinski definition) is 1. The van der Waals surface area contributed by atoms with Crippen LogP contribution >= 0.6 is 0 Å². The second-order valence-corrected chi connectivity index (χ2v) is 8.35. The van der Waals surface area contributed by atoms with E-state index in [1.54, 1.807) is 19.1 Å². The average molecular weight is 369 g/mol. The van der Waals surface area contributed by atoms with E-state index in [2.05, 4.69) is 12.2 Å². The fourth-order valence-corrected chi connectivity index (χ4v) is 4.51. The van der Waals surface area contributed by atoms with Crippen LogP contribution in [0.3, 0.4) is 0 Å². The minimum atomic E-state index is -3.58. The molecule has 0 aliphatic heterocycles. The van der Waals surface area contributed by atoms with Crippen molar-refractivity contribution < 1.29 is 13.2 Å². The monoisotopic (exact) mass is 368 g/mol. The van der Waals surface area contributed by atoms with E-state index in [0.717, 1.165) is 25.7 Å². The third kappa shape index (κ3) is 5.82. The highest BCUT2D eigenvalue weighted by molar-refractivity contribution is 7.89. The average Bonchev–Trinajstić information content (AvgIpc) is 2.56. The number of amides is 1. The van der Waals surface area contributed by atoms with Gasteiger partial charge in [-0.3, -0.25) is 4.79 Å². The lowest BCUT2D eigenvalue weighted by Gasteiger charge is -2.20. The molecule has 1 aromatic rings. The van der Waals surface area contributed by atoms with Crippen LogP contribution < -0.4 is 5.32 Å². The van der Waals surface area contributed by atoms with E-state index >= 15 is 0 Å².